The van der Waals surface area contributed by atoms with Crippen molar-refractivity contribution in [2.75, 3.05) is 23.7 Å². The minimum absolute atomic E-state index is 0.00667. The second-order valence-electron chi connectivity index (χ2n) is 4.70. The van der Waals surface area contributed by atoms with E-state index < -0.39 is 11.0 Å². The molecule has 1 unspecified atom stereocenters. The first-order valence-electron chi connectivity index (χ1n) is 5.96. The number of nitrogen functional groups attached to an aromatic ring is 1. The van der Waals surface area contributed by atoms with E-state index in [2.05, 4.69) is 0 Å². The lowest BCUT2D eigenvalue weighted by Gasteiger charge is -2.31. The number of aliphatic hydroxyl groups is 1. The Morgan fingerprint density at radius 2 is 2.28 bits per heavy atom. The zero-order valence-electron chi connectivity index (χ0n) is 10.3. The van der Waals surface area contributed by atoms with E-state index in [9.17, 15) is 15.2 Å². The van der Waals surface area contributed by atoms with Gasteiger partial charge in [-0.2, -0.15) is 0 Å². The van der Waals surface area contributed by atoms with Crippen molar-refractivity contribution in [1.29, 1.82) is 0 Å². The molecule has 98 valence electrons. The van der Waals surface area contributed by atoms with Crippen molar-refractivity contribution in [3.05, 3.63) is 27.8 Å². The van der Waals surface area contributed by atoms with Crippen LogP contribution in [-0.2, 0) is 0 Å². The van der Waals surface area contributed by atoms with Crippen LogP contribution in [0.15, 0.2) is 12.1 Å². The Kier molecular flexibility index (Phi) is 3.38. The standard InChI is InChI=1S/C12H17N3O3/c1-8-5-11(12(15(17)18)6-10(8)13)14-4-2-3-9(16)7-14/h5-6,9,16H,2-4,7,13H2,1H3. The fourth-order valence-electron chi connectivity index (χ4n) is 2.27. The average molecular weight is 251 g/mol. The normalized spacial score (nSPS) is 19.9. The molecule has 0 saturated carbocycles. The molecule has 0 aliphatic carbocycles. The molecule has 2 rings (SSSR count). The third-order valence-corrected chi connectivity index (χ3v) is 3.30. The minimum atomic E-state index is -0.424. The Labute approximate surface area is 105 Å². The van der Waals surface area contributed by atoms with Gasteiger partial charge in [0.15, 0.2) is 0 Å². The quantitative estimate of drug-likeness (QED) is 0.471. The van der Waals surface area contributed by atoms with E-state index in [1.165, 1.54) is 6.07 Å². The number of hydrogen-bond donors (Lipinski definition) is 2. The van der Waals surface area contributed by atoms with Gasteiger partial charge in [0.2, 0.25) is 0 Å². The van der Waals surface area contributed by atoms with Gasteiger partial charge in [-0.3, -0.25) is 10.1 Å². The first kappa shape index (κ1) is 12.6. The van der Waals surface area contributed by atoms with Crippen LogP contribution in [-0.4, -0.2) is 29.2 Å². The van der Waals surface area contributed by atoms with Crippen LogP contribution in [0.4, 0.5) is 17.1 Å². The number of rotatable bonds is 2. The van der Waals surface area contributed by atoms with E-state index in [0.717, 1.165) is 24.9 Å². The summed E-state index contributed by atoms with van der Waals surface area (Å²) < 4.78 is 0. The lowest BCUT2D eigenvalue weighted by molar-refractivity contribution is -0.384. The van der Waals surface area contributed by atoms with E-state index in [0.29, 0.717) is 17.9 Å². The summed E-state index contributed by atoms with van der Waals surface area (Å²) in [4.78, 5) is 12.5. The number of aliphatic hydroxyl groups excluding tert-OH is 1. The molecule has 1 atom stereocenters. The molecular weight excluding hydrogens is 234 g/mol. The first-order chi connectivity index (χ1) is 8.49. The summed E-state index contributed by atoms with van der Waals surface area (Å²) in [5.41, 5.74) is 7.50. The lowest BCUT2D eigenvalue weighted by atomic mass is 10.1. The van der Waals surface area contributed by atoms with Gasteiger partial charge in [0.25, 0.3) is 5.69 Å². The lowest BCUT2D eigenvalue weighted by Crippen LogP contribution is -2.38. The van der Waals surface area contributed by atoms with Crippen LogP contribution in [0.5, 0.6) is 0 Å². The molecule has 1 saturated heterocycles. The van der Waals surface area contributed by atoms with E-state index in [1.807, 2.05) is 11.8 Å². The summed E-state index contributed by atoms with van der Waals surface area (Å²) in [6.45, 7) is 2.98. The molecule has 0 amide bonds. The zero-order chi connectivity index (χ0) is 13.3. The highest BCUT2D eigenvalue weighted by Crippen LogP contribution is 2.34. The van der Waals surface area contributed by atoms with Crippen LogP contribution in [0.1, 0.15) is 18.4 Å². The number of anilines is 2. The highest BCUT2D eigenvalue weighted by atomic mass is 16.6. The Morgan fingerprint density at radius 3 is 2.89 bits per heavy atom. The van der Waals surface area contributed by atoms with Crippen molar-refractivity contribution in [1.82, 2.24) is 0 Å². The molecule has 1 aliphatic rings. The number of aryl methyl sites for hydroxylation is 1. The van der Waals surface area contributed by atoms with Crippen molar-refractivity contribution in [2.24, 2.45) is 0 Å². The van der Waals surface area contributed by atoms with Crippen molar-refractivity contribution in [3.63, 3.8) is 0 Å². The Morgan fingerprint density at radius 1 is 1.56 bits per heavy atom. The van der Waals surface area contributed by atoms with Crippen molar-refractivity contribution >= 4 is 17.1 Å². The summed E-state index contributed by atoms with van der Waals surface area (Å²) in [6, 6.07) is 3.12. The molecule has 6 nitrogen and oxygen atoms in total. The monoisotopic (exact) mass is 251 g/mol. The number of β-amino-alcohol motifs (C(OH)–C–C–N with tert-alkyl or cyclic N) is 1. The molecule has 1 fully saturated rings. The fraction of sp³-hybridized carbons (Fsp3) is 0.500. The van der Waals surface area contributed by atoms with Crippen LogP contribution in [0, 0.1) is 17.0 Å². The summed E-state index contributed by atoms with van der Waals surface area (Å²) in [7, 11) is 0. The van der Waals surface area contributed by atoms with Crippen molar-refractivity contribution < 1.29 is 10.0 Å². The highest BCUT2D eigenvalue weighted by Gasteiger charge is 2.25. The van der Waals surface area contributed by atoms with Gasteiger partial charge in [-0.15, -0.1) is 0 Å². The van der Waals surface area contributed by atoms with Crippen LogP contribution in [0.3, 0.4) is 0 Å². The summed E-state index contributed by atoms with van der Waals surface area (Å²) in [6.07, 6.45) is 1.16. The summed E-state index contributed by atoms with van der Waals surface area (Å²) in [5.74, 6) is 0. The summed E-state index contributed by atoms with van der Waals surface area (Å²) in [5, 5.41) is 20.7. The van der Waals surface area contributed by atoms with Crippen LogP contribution in [0.25, 0.3) is 0 Å². The van der Waals surface area contributed by atoms with Crippen molar-refractivity contribution in [2.45, 2.75) is 25.9 Å². The molecule has 1 heterocycles. The number of hydrogen-bond acceptors (Lipinski definition) is 5. The molecule has 0 bridgehead atoms. The van der Waals surface area contributed by atoms with Gasteiger partial charge in [0.1, 0.15) is 5.69 Å². The van der Waals surface area contributed by atoms with Gasteiger partial charge in [-0.1, -0.05) is 0 Å². The molecule has 1 aliphatic heterocycles. The fourth-order valence-corrected chi connectivity index (χ4v) is 2.27. The number of nitrogens with zero attached hydrogens (tertiary/aromatic N) is 2. The number of nitrogens with two attached hydrogens (primary N) is 1. The number of nitro benzene ring substituents is 1. The smallest absolute Gasteiger partial charge is 0.294 e. The molecule has 1 aromatic carbocycles. The Balaban J connectivity index is 2.41. The van der Waals surface area contributed by atoms with Gasteiger partial charge in [-0.25, -0.2) is 0 Å². The second kappa shape index (κ2) is 4.81. The molecule has 1 aromatic rings. The van der Waals surface area contributed by atoms with Gasteiger partial charge in [0, 0.05) is 24.8 Å². The molecule has 3 N–H and O–H groups in total. The third-order valence-electron chi connectivity index (χ3n) is 3.30. The van der Waals surface area contributed by atoms with E-state index in [-0.39, 0.29) is 5.69 Å². The van der Waals surface area contributed by atoms with Crippen molar-refractivity contribution in [3.8, 4) is 0 Å². The summed E-state index contributed by atoms with van der Waals surface area (Å²) >= 11 is 0. The minimum Gasteiger partial charge on any atom is -0.398 e. The molecule has 6 heteroatoms. The first-order valence-corrected chi connectivity index (χ1v) is 5.96. The number of nitro groups is 1. The SMILES string of the molecule is Cc1cc(N2CCCC(O)C2)c([N+](=O)[O-])cc1N. The van der Waals surface area contributed by atoms with Gasteiger partial charge < -0.3 is 15.7 Å². The highest BCUT2D eigenvalue weighted by molar-refractivity contribution is 5.71. The molecule has 0 radical (unpaired) electrons. The van der Waals surface area contributed by atoms with Gasteiger partial charge >= 0.3 is 0 Å². The number of piperidine rings is 1. The Hall–Kier alpha value is -1.82. The van der Waals surface area contributed by atoms with E-state index >= 15 is 0 Å². The van der Waals surface area contributed by atoms with E-state index in [1.54, 1.807) is 6.07 Å². The topological polar surface area (TPSA) is 92.6 Å². The number of benzene rings is 1. The second-order valence-corrected chi connectivity index (χ2v) is 4.70. The van der Waals surface area contributed by atoms with Gasteiger partial charge in [-0.05, 0) is 31.4 Å². The van der Waals surface area contributed by atoms with Gasteiger partial charge in [0.05, 0.1) is 11.0 Å². The molecular formula is C12H17N3O3. The van der Waals surface area contributed by atoms with Crippen LogP contribution in [0.2, 0.25) is 0 Å². The maximum atomic E-state index is 11.1. The van der Waals surface area contributed by atoms with Crippen LogP contribution >= 0.6 is 0 Å². The van der Waals surface area contributed by atoms with Crippen LogP contribution < -0.4 is 10.6 Å². The zero-order valence-corrected chi connectivity index (χ0v) is 10.3. The average Bonchev–Trinajstić information content (AvgIpc) is 2.31. The predicted molar refractivity (Wildman–Crippen MR) is 69.7 cm³/mol. The molecule has 0 aromatic heterocycles. The molecule has 18 heavy (non-hydrogen) atoms. The molecule has 0 spiro atoms. The largest absolute Gasteiger partial charge is 0.398 e. The maximum Gasteiger partial charge on any atom is 0.294 e. The predicted octanol–water partition coefficient (Wildman–Crippen LogP) is 1.45. The van der Waals surface area contributed by atoms with E-state index in [4.69, 9.17) is 5.73 Å². The maximum absolute atomic E-state index is 11.1. The third kappa shape index (κ3) is 2.38. The Bertz CT molecular complexity index is 476.